The Labute approximate surface area is 67.4 Å². The van der Waals surface area contributed by atoms with Gasteiger partial charge in [-0.2, -0.15) is 0 Å². The van der Waals surface area contributed by atoms with Gasteiger partial charge in [-0.3, -0.25) is 0 Å². The molecule has 0 rings (SSSR count). The first-order chi connectivity index (χ1) is 4.71. The third-order valence-corrected chi connectivity index (χ3v) is 3.09. The van der Waals surface area contributed by atoms with Crippen LogP contribution in [0.25, 0.3) is 0 Å². The van der Waals surface area contributed by atoms with Gasteiger partial charge >= 0.3 is 0 Å². The van der Waals surface area contributed by atoms with Gasteiger partial charge in [0, 0.05) is 12.5 Å². The lowest BCUT2D eigenvalue weighted by molar-refractivity contribution is 0.596. The van der Waals surface area contributed by atoms with Crippen LogP contribution in [0.4, 0.5) is 0 Å². The molecule has 0 aromatic carbocycles. The van der Waals surface area contributed by atoms with Crippen LogP contribution in [0.5, 0.6) is 0 Å². The van der Waals surface area contributed by atoms with E-state index in [4.69, 9.17) is 0 Å². The van der Waals surface area contributed by atoms with E-state index < -0.39 is 19.7 Å². The summed E-state index contributed by atoms with van der Waals surface area (Å²) >= 11 is 0. The van der Waals surface area contributed by atoms with Crippen molar-refractivity contribution in [3.8, 4) is 0 Å². The molecule has 0 fully saturated rings. The second-order valence-corrected chi connectivity index (χ2v) is 7.13. The van der Waals surface area contributed by atoms with Crippen LogP contribution in [0.2, 0.25) is 0 Å². The Balaban J connectivity index is 3.79. The molecule has 68 valence electrons. The van der Waals surface area contributed by atoms with Crippen LogP contribution in [0.1, 0.15) is 6.42 Å². The average molecular weight is 200 g/mol. The molecule has 0 heterocycles. The van der Waals surface area contributed by atoms with Crippen molar-refractivity contribution in [2.75, 3.05) is 24.0 Å². The quantitative estimate of drug-likeness (QED) is 0.611. The Morgan fingerprint density at radius 2 is 1.09 bits per heavy atom. The summed E-state index contributed by atoms with van der Waals surface area (Å²) in [6.07, 6.45) is 2.38. The maximum Gasteiger partial charge on any atom is 0.147 e. The first-order valence-corrected chi connectivity index (χ1v) is 7.18. The lowest BCUT2D eigenvalue weighted by atomic mass is 10.6. The van der Waals surface area contributed by atoms with Crippen molar-refractivity contribution in [3.05, 3.63) is 0 Å². The van der Waals surface area contributed by atoms with Gasteiger partial charge in [0.25, 0.3) is 0 Å². The fourth-order valence-corrected chi connectivity index (χ4v) is 2.10. The van der Waals surface area contributed by atoms with Crippen LogP contribution in [-0.4, -0.2) is 40.9 Å². The second-order valence-electron chi connectivity index (χ2n) is 2.61. The molecule has 0 aromatic heterocycles. The van der Waals surface area contributed by atoms with E-state index in [1.807, 2.05) is 0 Å². The Kier molecular flexibility index (Phi) is 3.50. The minimum Gasteiger partial charge on any atom is -0.229 e. The molecule has 0 aliphatic heterocycles. The van der Waals surface area contributed by atoms with E-state index in [0.717, 1.165) is 12.5 Å². The topological polar surface area (TPSA) is 68.3 Å². The van der Waals surface area contributed by atoms with Crippen molar-refractivity contribution in [3.63, 3.8) is 0 Å². The fourth-order valence-electron chi connectivity index (χ4n) is 0.583. The second kappa shape index (κ2) is 3.53. The standard InChI is InChI=1S/C5H12O4S2/c1-10(6,7)4-3-5-11(2,8)9/h3-5H2,1-2H3. The van der Waals surface area contributed by atoms with Crippen LogP contribution in [0.15, 0.2) is 0 Å². The summed E-state index contributed by atoms with van der Waals surface area (Å²) in [5, 5.41) is 0. The maximum absolute atomic E-state index is 10.5. The van der Waals surface area contributed by atoms with Crippen molar-refractivity contribution in [1.82, 2.24) is 0 Å². The van der Waals surface area contributed by atoms with Crippen LogP contribution in [0, 0.1) is 0 Å². The minimum atomic E-state index is -3.01. The monoisotopic (exact) mass is 200 g/mol. The summed E-state index contributed by atoms with van der Waals surface area (Å²) in [4.78, 5) is 0. The summed E-state index contributed by atoms with van der Waals surface area (Å²) in [7, 11) is -6.02. The highest BCUT2D eigenvalue weighted by molar-refractivity contribution is 7.91. The number of sulfone groups is 2. The fraction of sp³-hybridized carbons (Fsp3) is 1.00. The van der Waals surface area contributed by atoms with Crippen LogP contribution < -0.4 is 0 Å². The van der Waals surface area contributed by atoms with Gasteiger partial charge in [0.2, 0.25) is 0 Å². The van der Waals surface area contributed by atoms with Gasteiger partial charge < -0.3 is 0 Å². The summed E-state index contributed by atoms with van der Waals surface area (Å²) in [6, 6.07) is 0. The van der Waals surface area contributed by atoms with Gasteiger partial charge in [0.1, 0.15) is 19.7 Å². The maximum atomic E-state index is 10.5. The lowest BCUT2D eigenvalue weighted by Crippen LogP contribution is -2.10. The summed E-state index contributed by atoms with van der Waals surface area (Å²) in [5.74, 6) is -0.111. The Morgan fingerprint density at radius 1 is 0.818 bits per heavy atom. The average Bonchev–Trinajstić information content (AvgIpc) is 1.55. The summed E-state index contributed by atoms with van der Waals surface area (Å²) in [5.41, 5.74) is 0. The predicted molar refractivity (Wildman–Crippen MR) is 44.0 cm³/mol. The highest BCUT2D eigenvalue weighted by Crippen LogP contribution is 1.92. The molecule has 4 nitrogen and oxygen atoms in total. The molecule has 0 aliphatic carbocycles. The number of hydrogen-bond acceptors (Lipinski definition) is 4. The SMILES string of the molecule is CS(=O)(=O)CCCS(C)(=O)=O. The van der Waals surface area contributed by atoms with Gasteiger partial charge in [-0.25, -0.2) is 16.8 Å². The summed E-state index contributed by atoms with van der Waals surface area (Å²) < 4.78 is 42.1. The molecular weight excluding hydrogens is 188 g/mol. The minimum absolute atomic E-state index is 0.0555. The molecule has 0 saturated carbocycles. The van der Waals surface area contributed by atoms with Gasteiger partial charge in [-0.1, -0.05) is 0 Å². The molecule has 0 unspecified atom stereocenters. The molecule has 0 saturated heterocycles. The first-order valence-electron chi connectivity index (χ1n) is 3.06. The van der Waals surface area contributed by atoms with Gasteiger partial charge in [0.05, 0.1) is 11.5 Å². The molecule has 0 amide bonds. The molecule has 0 atom stereocenters. The van der Waals surface area contributed by atoms with Crippen molar-refractivity contribution >= 4 is 19.7 Å². The summed E-state index contributed by atoms with van der Waals surface area (Å²) in [6.45, 7) is 0. The predicted octanol–water partition coefficient (Wildman–Crippen LogP) is -0.534. The van der Waals surface area contributed by atoms with E-state index in [1.165, 1.54) is 0 Å². The van der Waals surface area contributed by atoms with Crippen LogP contribution in [0.3, 0.4) is 0 Å². The van der Waals surface area contributed by atoms with E-state index in [0.29, 0.717) is 0 Å². The molecular formula is C5H12O4S2. The Bertz CT molecular complexity index is 265. The first kappa shape index (κ1) is 10.9. The van der Waals surface area contributed by atoms with Crippen molar-refractivity contribution in [1.29, 1.82) is 0 Å². The van der Waals surface area contributed by atoms with Crippen LogP contribution >= 0.6 is 0 Å². The highest BCUT2D eigenvalue weighted by atomic mass is 32.2. The third kappa shape index (κ3) is 9.90. The van der Waals surface area contributed by atoms with E-state index in [9.17, 15) is 16.8 Å². The van der Waals surface area contributed by atoms with E-state index in [1.54, 1.807) is 0 Å². The molecule has 0 spiro atoms. The van der Waals surface area contributed by atoms with Crippen molar-refractivity contribution < 1.29 is 16.8 Å². The molecule has 0 radical (unpaired) electrons. The Hall–Kier alpha value is -0.100. The largest absolute Gasteiger partial charge is 0.229 e. The van der Waals surface area contributed by atoms with E-state index in [-0.39, 0.29) is 17.9 Å². The van der Waals surface area contributed by atoms with Gasteiger partial charge in [-0.05, 0) is 6.42 Å². The number of hydrogen-bond donors (Lipinski definition) is 0. The number of rotatable bonds is 4. The Morgan fingerprint density at radius 3 is 1.27 bits per heavy atom. The van der Waals surface area contributed by atoms with Crippen molar-refractivity contribution in [2.24, 2.45) is 0 Å². The smallest absolute Gasteiger partial charge is 0.147 e. The van der Waals surface area contributed by atoms with E-state index >= 15 is 0 Å². The van der Waals surface area contributed by atoms with E-state index in [2.05, 4.69) is 0 Å². The van der Waals surface area contributed by atoms with Gasteiger partial charge in [0.15, 0.2) is 0 Å². The van der Waals surface area contributed by atoms with Gasteiger partial charge in [-0.15, -0.1) is 0 Å². The third-order valence-electron chi connectivity index (χ3n) is 1.03. The normalized spacial score (nSPS) is 13.3. The molecule has 0 aromatic rings. The molecule has 6 heteroatoms. The zero-order chi connectivity index (χ0) is 9.12. The van der Waals surface area contributed by atoms with Crippen LogP contribution in [-0.2, 0) is 19.7 Å². The zero-order valence-electron chi connectivity index (χ0n) is 6.57. The highest BCUT2D eigenvalue weighted by Gasteiger charge is 2.06. The molecule has 0 N–H and O–H groups in total. The lowest BCUT2D eigenvalue weighted by Gasteiger charge is -1.96. The zero-order valence-corrected chi connectivity index (χ0v) is 8.20. The van der Waals surface area contributed by atoms with Crippen molar-refractivity contribution in [2.45, 2.75) is 6.42 Å². The molecule has 0 aliphatic rings. The molecule has 11 heavy (non-hydrogen) atoms. The molecule has 0 bridgehead atoms.